The topological polar surface area (TPSA) is 66.4 Å². The molecular formula is C30H33F3N4O2S. The minimum Gasteiger partial charge on any atom is -0.382 e. The molecule has 2 heterocycles. The quantitative estimate of drug-likeness (QED) is 0.257. The number of benzene rings is 3. The van der Waals surface area contributed by atoms with E-state index in [4.69, 9.17) is 0 Å². The summed E-state index contributed by atoms with van der Waals surface area (Å²) in [5.41, 5.74) is 4.90. The van der Waals surface area contributed by atoms with E-state index in [0.29, 0.717) is 12.1 Å². The van der Waals surface area contributed by atoms with E-state index in [-0.39, 0.29) is 10.9 Å². The van der Waals surface area contributed by atoms with Gasteiger partial charge < -0.3 is 20.1 Å². The van der Waals surface area contributed by atoms with Crippen molar-refractivity contribution in [2.24, 2.45) is 0 Å². The van der Waals surface area contributed by atoms with E-state index < -0.39 is 22.6 Å². The second-order valence-corrected chi connectivity index (χ2v) is 12.6. The number of rotatable bonds is 8. The van der Waals surface area contributed by atoms with Crippen LogP contribution < -0.4 is 10.6 Å². The molecule has 1 fully saturated rings. The van der Waals surface area contributed by atoms with Crippen molar-refractivity contribution in [3.63, 3.8) is 0 Å². The van der Waals surface area contributed by atoms with E-state index in [1.165, 1.54) is 17.0 Å². The zero-order valence-corrected chi connectivity index (χ0v) is 23.3. The van der Waals surface area contributed by atoms with Crippen LogP contribution in [0.2, 0.25) is 0 Å². The van der Waals surface area contributed by atoms with Crippen LogP contribution in [0.3, 0.4) is 0 Å². The largest absolute Gasteiger partial charge is 0.406 e. The number of likely N-dealkylation sites (tertiary alicyclic amines) is 1. The average molecular weight is 571 g/mol. The second kappa shape index (κ2) is 11.2. The molecule has 3 aromatic carbocycles. The Hall–Kier alpha value is -3.50. The van der Waals surface area contributed by atoms with Crippen LogP contribution in [-0.4, -0.2) is 56.5 Å². The molecule has 0 spiro atoms. The minimum atomic E-state index is -4.32. The van der Waals surface area contributed by atoms with Crippen LogP contribution in [0.1, 0.15) is 18.4 Å². The first kappa shape index (κ1) is 28.0. The molecule has 1 aliphatic heterocycles. The molecule has 4 aromatic rings. The van der Waals surface area contributed by atoms with Crippen molar-refractivity contribution < 1.29 is 21.6 Å². The van der Waals surface area contributed by atoms with Crippen molar-refractivity contribution in [2.75, 3.05) is 37.0 Å². The van der Waals surface area contributed by atoms with Crippen LogP contribution in [0.25, 0.3) is 22.0 Å². The highest BCUT2D eigenvalue weighted by Crippen LogP contribution is 2.35. The van der Waals surface area contributed by atoms with Gasteiger partial charge in [0.2, 0.25) is 0 Å². The van der Waals surface area contributed by atoms with E-state index in [1.807, 2.05) is 36.4 Å². The summed E-state index contributed by atoms with van der Waals surface area (Å²) in [6, 6.07) is 20.4. The van der Waals surface area contributed by atoms with Crippen LogP contribution in [0, 0.1) is 0 Å². The van der Waals surface area contributed by atoms with Crippen LogP contribution in [0.4, 0.5) is 24.5 Å². The van der Waals surface area contributed by atoms with E-state index in [9.17, 15) is 21.6 Å². The third-order valence-corrected chi connectivity index (χ3v) is 8.48. The predicted octanol–water partition coefficient (Wildman–Crippen LogP) is 6.39. The summed E-state index contributed by atoms with van der Waals surface area (Å²) in [6.07, 6.45) is 0.300. The summed E-state index contributed by atoms with van der Waals surface area (Å²) in [5.74, 6) is 0. The van der Waals surface area contributed by atoms with Gasteiger partial charge in [0.05, 0.1) is 10.4 Å². The number of anilines is 2. The van der Waals surface area contributed by atoms with Crippen molar-refractivity contribution in [1.29, 1.82) is 0 Å². The lowest BCUT2D eigenvalue weighted by atomic mass is 9.99. The molecule has 0 aliphatic carbocycles. The van der Waals surface area contributed by atoms with E-state index in [1.54, 1.807) is 30.3 Å². The van der Waals surface area contributed by atoms with Crippen molar-refractivity contribution in [3.8, 4) is 11.1 Å². The number of sulfone groups is 1. The molecule has 0 atom stereocenters. The summed E-state index contributed by atoms with van der Waals surface area (Å²) >= 11 is 0. The Morgan fingerprint density at radius 1 is 0.950 bits per heavy atom. The Morgan fingerprint density at radius 3 is 2.35 bits per heavy atom. The van der Waals surface area contributed by atoms with Gasteiger partial charge in [0.1, 0.15) is 6.54 Å². The van der Waals surface area contributed by atoms with E-state index in [0.717, 1.165) is 59.4 Å². The summed E-state index contributed by atoms with van der Waals surface area (Å²) in [4.78, 5) is 2.54. The summed E-state index contributed by atoms with van der Waals surface area (Å²) in [6.45, 7) is 1.40. The fourth-order valence-electron chi connectivity index (χ4n) is 5.17. The number of alkyl halides is 3. The molecule has 40 heavy (non-hydrogen) atoms. The summed E-state index contributed by atoms with van der Waals surface area (Å²) < 4.78 is 64.8. The highest BCUT2D eigenvalue weighted by molar-refractivity contribution is 7.90. The summed E-state index contributed by atoms with van der Waals surface area (Å²) in [7, 11) is -1.17. The zero-order valence-electron chi connectivity index (χ0n) is 22.5. The van der Waals surface area contributed by atoms with E-state index >= 15 is 0 Å². The average Bonchev–Trinajstić information content (AvgIpc) is 3.30. The SMILES string of the molecule is CN1CCC(Nc2cc(-c3cccc(CNc4ccc(S(C)(=O)=O)cc4)c3)cc3c2ccn3CC(F)(F)F)CC1. The minimum absolute atomic E-state index is 0.255. The third-order valence-electron chi connectivity index (χ3n) is 7.36. The lowest BCUT2D eigenvalue weighted by Gasteiger charge is -2.30. The molecule has 0 saturated carbocycles. The lowest BCUT2D eigenvalue weighted by Crippen LogP contribution is -2.36. The fraction of sp³-hybridized carbons (Fsp3) is 0.333. The van der Waals surface area contributed by atoms with Gasteiger partial charge in [-0.1, -0.05) is 18.2 Å². The highest BCUT2D eigenvalue weighted by Gasteiger charge is 2.29. The number of nitrogens with zero attached hydrogens (tertiary/aromatic N) is 2. The van der Waals surface area contributed by atoms with Gasteiger partial charge in [-0.2, -0.15) is 13.2 Å². The van der Waals surface area contributed by atoms with Gasteiger partial charge in [-0.15, -0.1) is 0 Å². The molecular weight excluding hydrogens is 537 g/mol. The Morgan fingerprint density at radius 2 is 1.68 bits per heavy atom. The Labute approximate surface area is 232 Å². The molecule has 0 bridgehead atoms. The van der Waals surface area contributed by atoms with Crippen LogP contribution in [-0.2, 0) is 22.9 Å². The zero-order chi connectivity index (χ0) is 28.5. The van der Waals surface area contributed by atoms with Gasteiger partial charge in [-0.25, -0.2) is 8.42 Å². The Bertz CT molecular complexity index is 1590. The molecule has 1 aromatic heterocycles. The molecule has 5 rings (SSSR count). The molecule has 2 N–H and O–H groups in total. The third kappa shape index (κ3) is 6.79. The van der Waals surface area contributed by atoms with Crippen molar-refractivity contribution in [2.45, 2.75) is 43.0 Å². The molecule has 10 heteroatoms. The second-order valence-electron chi connectivity index (χ2n) is 10.6. The maximum absolute atomic E-state index is 13.4. The van der Waals surface area contributed by atoms with Crippen molar-refractivity contribution >= 4 is 32.1 Å². The first-order chi connectivity index (χ1) is 18.9. The predicted molar refractivity (Wildman–Crippen MR) is 154 cm³/mol. The monoisotopic (exact) mass is 570 g/mol. The molecule has 1 aliphatic rings. The van der Waals surface area contributed by atoms with Gasteiger partial charge in [0, 0.05) is 41.8 Å². The normalized spacial score (nSPS) is 15.4. The number of halogens is 3. The van der Waals surface area contributed by atoms with Crippen molar-refractivity contribution in [1.82, 2.24) is 9.47 Å². The molecule has 0 amide bonds. The molecule has 6 nitrogen and oxygen atoms in total. The number of hydrogen-bond acceptors (Lipinski definition) is 5. The van der Waals surface area contributed by atoms with Gasteiger partial charge >= 0.3 is 6.18 Å². The standard InChI is InChI=1S/C30H33F3N4O2S/c1-36-13-10-25(11-14-36)35-28-17-23(18-29-27(28)12-15-37(29)20-30(31,32)33)22-5-3-4-21(16-22)19-34-24-6-8-26(9-7-24)40(2,38)39/h3-9,12,15-18,25,34-35H,10-11,13-14,19-20H2,1-2H3. The van der Waals surface area contributed by atoms with Gasteiger partial charge in [-0.05, 0) is 98.2 Å². The number of nitrogens with one attached hydrogen (secondary N) is 2. The number of hydrogen-bond donors (Lipinski definition) is 2. The number of aromatic nitrogens is 1. The lowest BCUT2D eigenvalue weighted by molar-refractivity contribution is -0.139. The van der Waals surface area contributed by atoms with Crippen LogP contribution in [0.15, 0.2) is 77.8 Å². The molecule has 212 valence electrons. The Kier molecular flexibility index (Phi) is 7.83. The van der Waals surface area contributed by atoms with Gasteiger partial charge in [0.25, 0.3) is 0 Å². The van der Waals surface area contributed by atoms with Crippen LogP contribution >= 0.6 is 0 Å². The van der Waals surface area contributed by atoms with Crippen molar-refractivity contribution in [3.05, 3.63) is 78.5 Å². The fourth-order valence-corrected chi connectivity index (χ4v) is 5.80. The first-order valence-corrected chi connectivity index (χ1v) is 15.1. The summed E-state index contributed by atoms with van der Waals surface area (Å²) in [5, 5.41) is 7.72. The maximum Gasteiger partial charge on any atom is 0.406 e. The highest BCUT2D eigenvalue weighted by atomic mass is 32.2. The van der Waals surface area contributed by atoms with E-state index in [2.05, 4.69) is 22.6 Å². The van der Waals surface area contributed by atoms with Crippen LogP contribution in [0.5, 0.6) is 0 Å². The Balaban J connectivity index is 1.43. The maximum atomic E-state index is 13.4. The number of piperidine rings is 1. The smallest absolute Gasteiger partial charge is 0.382 e. The molecule has 0 unspecified atom stereocenters. The molecule has 0 radical (unpaired) electrons. The first-order valence-electron chi connectivity index (χ1n) is 13.2. The number of fused-ring (bicyclic) bond motifs is 1. The molecule has 1 saturated heterocycles. The van der Waals surface area contributed by atoms with Gasteiger partial charge in [-0.3, -0.25) is 0 Å². The van der Waals surface area contributed by atoms with Gasteiger partial charge in [0.15, 0.2) is 9.84 Å².